The Morgan fingerprint density at radius 3 is 2.58 bits per heavy atom. The Kier molecular flexibility index (Phi) is 7.42. The fraction of sp³-hybridized carbons (Fsp3) is 0.292. The molecule has 3 aromatic rings. The number of hydrogen-bond acceptors (Lipinski definition) is 4. The molecule has 1 heterocycles. The number of fused-ring (bicyclic) bond motifs is 1. The minimum absolute atomic E-state index is 0.113. The van der Waals surface area contributed by atoms with Crippen molar-refractivity contribution in [3.63, 3.8) is 0 Å². The lowest BCUT2D eigenvalue weighted by molar-refractivity contribution is 0.358. The van der Waals surface area contributed by atoms with Crippen LogP contribution in [0, 0.1) is 7.14 Å². The quantitative estimate of drug-likeness (QED) is 0.186. The molecule has 5 nitrogen and oxygen atoms in total. The van der Waals surface area contributed by atoms with Crippen molar-refractivity contribution in [3.05, 3.63) is 77.9 Å². The Bertz CT molecular complexity index is 1170. The van der Waals surface area contributed by atoms with E-state index in [4.69, 9.17) is 9.72 Å². The summed E-state index contributed by atoms with van der Waals surface area (Å²) in [6.45, 7) is 4.16. The number of halogens is 2. The third kappa shape index (κ3) is 5.02. The topological polar surface area (TPSA) is 56.5 Å². The van der Waals surface area contributed by atoms with E-state index in [0.29, 0.717) is 12.0 Å². The second-order valence-electron chi connectivity index (χ2n) is 7.60. The molecule has 0 aliphatic heterocycles. The minimum Gasteiger partial charge on any atom is -0.487 e. The molecule has 1 aliphatic rings. The smallest absolute Gasteiger partial charge is 0.282 e. The predicted octanol–water partition coefficient (Wildman–Crippen LogP) is 6.10. The van der Waals surface area contributed by atoms with Crippen LogP contribution >= 0.6 is 45.2 Å². The molecular weight excluding hydrogens is 616 g/mol. The summed E-state index contributed by atoms with van der Waals surface area (Å²) in [6.07, 6.45) is 9.14. The number of ether oxygens (including phenoxy) is 1. The Hall–Kier alpha value is -1.75. The maximum Gasteiger partial charge on any atom is 0.282 e. The molecule has 1 fully saturated rings. The summed E-state index contributed by atoms with van der Waals surface area (Å²) in [7, 11) is 0. The minimum atomic E-state index is -0.113. The molecule has 0 N–H and O–H groups in total. The van der Waals surface area contributed by atoms with E-state index in [1.165, 1.54) is 23.9 Å². The van der Waals surface area contributed by atoms with Crippen LogP contribution in [0.1, 0.15) is 49.4 Å². The molecule has 1 aliphatic carbocycles. The largest absolute Gasteiger partial charge is 0.487 e. The molecule has 160 valence electrons. The zero-order valence-corrected chi connectivity index (χ0v) is 21.4. The Labute approximate surface area is 208 Å². The predicted molar refractivity (Wildman–Crippen MR) is 142 cm³/mol. The third-order valence-electron chi connectivity index (χ3n) is 5.44. The Morgan fingerprint density at radius 1 is 1.16 bits per heavy atom. The molecule has 0 spiro atoms. The van der Waals surface area contributed by atoms with Crippen LogP contribution < -0.4 is 10.3 Å². The molecule has 0 atom stereocenters. The van der Waals surface area contributed by atoms with Crippen LogP contribution in [0.3, 0.4) is 0 Å². The highest BCUT2D eigenvalue weighted by molar-refractivity contribution is 14.1. The van der Waals surface area contributed by atoms with Gasteiger partial charge in [-0.3, -0.25) is 4.79 Å². The second-order valence-corrected chi connectivity index (χ2v) is 9.92. The fourth-order valence-corrected chi connectivity index (χ4v) is 6.06. The van der Waals surface area contributed by atoms with Gasteiger partial charge >= 0.3 is 0 Å². The molecule has 1 aromatic heterocycles. The molecule has 31 heavy (non-hydrogen) atoms. The molecule has 0 radical (unpaired) electrons. The standard InChI is InChI=1S/C24H23I2N3O2/c1-2-12-31-22-19(25)13-16(14-20(22)26)15-27-29-23(17-8-4-3-5-9-17)28-21-11-7-6-10-18(21)24(29)30/h2,6-7,10-11,13-15,17H,1,3-5,8-9,12H2. The third-order valence-corrected chi connectivity index (χ3v) is 7.04. The fourth-order valence-electron chi connectivity index (χ4n) is 3.94. The van der Waals surface area contributed by atoms with E-state index in [1.807, 2.05) is 36.4 Å². The maximum absolute atomic E-state index is 13.3. The van der Waals surface area contributed by atoms with Gasteiger partial charge in [0.15, 0.2) is 0 Å². The number of para-hydroxylation sites is 1. The summed E-state index contributed by atoms with van der Waals surface area (Å²) in [6, 6.07) is 11.5. The second kappa shape index (κ2) is 10.2. The van der Waals surface area contributed by atoms with Crippen LogP contribution in [-0.2, 0) is 0 Å². The summed E-state index contributed by atoms with van der Waals surface area (Å²) >= 11 is 4.52. The number of hydrogen-bond donors (Lipinski definition) is 0. The normalized spacial score (nSPS) is 14.9. The lowest BCUT2D eigenvalue weighted by atomic mass is 9.88. The number of aromatic nitrogens is 2. The lowest BCUT2D eigenvalue weighted by Gasteiger charge is -2.22. The average Bonchev–Trinajstić information content (AvgIpc) is 2.78. The van der Waals surface area contributed by atoms with Crippen LogP contribution in [0.2, 0.25) is 0 Å². The zero-order chi connectivity index (χ0) is 21.8. The highest BCUT2D eigenvalue weighted by Crippen LogP contribution is 2.32. The summed E-state index contributed by atoms with van der Waals surface area (Å²) in [4.78, 5) is 18.2. The molecule has 1 saturated carbocycles. The molecule has 0 unspecified atom stereocenters. The molecule has 0 bridgehead atoms. The summed E-state index contributed by atoms with van der Waals surface area (Å²) in [5.74, 6) is 1.87. The van der Waals surface area contributed by atoms with E-state index in [1.54, 1.807) is 12.3 Å². The van der Waals surface area contributed by atoms with Gasteiger partial charge in [-0.2, -0.15) is 9.78 Å². The van der Waals surface area contributed by atoms with Gasteiger partial charge in [-0.1, -0.05) is 44.1 Å². The molecule has 4 rings (SSSR count). The summed E-state index contributed by atoms with van der Waals surface area (Å²) < 4.78 is 9.25. The highest BCUT2D eigenvalue weighted by atomic mass is 127. The lowest BCUT2D eigenvalue weighted by Crippen LogP contribution is -2.25. The Morgan fingerprint density at radius 2 is 1.87 bits per heavy atom. The van der Waals surface area contributed by atoms with Gasteiger partial charge in [0, 0.05) is 5.92 Å². The molecule has 0 amide bonds. The van der Waals surface area contributed by atoms with Gasteiger partial charge in [-0.15, -0.1) is 0 Å². The van der Waals surface area contributed by atoms with Crippen LogP contribution in [0.15, 0.2) is 58.9 Å². The Balaban J connectivity index is 1.76. The average molecular weight is 639 g/mol. The molecular formula is C24H23I2N3O2. The van der Waals surface area contributed by atoms with Crippen molar-refractivity contribution >= 4 is 62.3 Å². The van der Waals surface area contributed by atoms with Crippen molar-refractivity contribution in [2.75, 3.05) is 6.61 Å². The van der Waals surface area contributed by atoms with Gasteiger partial charge in [-0.05, 0) is 87.9 Å². The van der Waals surface area contributed by atoms with Gasteiger partial charge in [0.1, 0.15) is 18.2 Å². The van der Waals surface area contributed by atoms with Gasteiger partial charge < -0.3 is 4.74 Å². The highest BCUT2D eigenvalue weighted by Gasteiger charge is 2.22. The number of nitrogens with zero attached hydrogens (tertiary/aromatic N) is 3. The van der Waals surface area contributed by atoms with Crippen molar-refractivity contribution in [2.24, 2.45) is 5.10 Å². The van der Waals surface area contributed by atoms with E-state index in [9.17, 15) is 4.79 Å². The van der Waals surface area contributed by atoms with Gasteiger partial charge in [0.25, 0.3) is 5.56 Å². The first-order chi connectivity index (χ1) is 15.1. The SMILES string of the molecule is C=CCOc1c(I)cc(C=Nn2c(C3CCCCC3)nc3ccccc3c2=O)cc1I. The molecule has 2 aromatic carbocycles. The van der Waals surface area contributed by atoms with Crippen LogP contribution in [-0.4, -0.2) is 22.5 Å². The van der Waals surface area contributed by atoms with E-state index >= 15 is 0 Å². The van der Waals surface area contributed by atoms with Crippen molar-refractivity contribution in [2.45, 2.75) is 38.0 Å². The number of benzene rings is 2. The van der Waals surface area contributed by atoms with E-state index in [-0.39, 0.29) is 11.5 Å². The first-order valence-electron chi connectivity index (χ1n) is 10.4. The van der Waals surface area contributed by atoms with Crippen molar-refractivity contribution in [3.8, 4) is 5.75 Å². The maximum atomic E-state index is 13.3. The monoisotopic (exact) mass is 639 g/mol. The van der Waals surface area contributed by atoms with E-state index in [0.717, 1.165) is 42.6 Å². The van der Waals surface area contributed by atoms with Crippen molar-refractivity contribution in [1.29, 1.82) is 0 Å². The summed E-state index contributed by atoms with van der Waals surface area (Å²) in [5, 5.41) is 5.22. The van der Waals surface area contributed by atoms with E-state index in [2.05, 4.69) is 56.9 Å². The van der Waals surface area contributed by atoms with Gasteiger partial charge in [0.2, 0.25) is 0 Å². The van der Waals surface area contributed by atoms with Gasteiger partial charge in [-0.25, -0.2) is 4.98 Å². The summed E-state index contributed by atoms with van der Waals surface area (Å²) in [5.41, 5.74) is 1.54. The zero-order valence-electron chi connectivity index (χ0n) is 17.1. The van der Waals surface area contributed by atoms with Crippen LogP contribution in [0.4, 0.5) is 0 Å². The molecule has 7 heteroatoms. The molecule has 0 saturated heterocycles. The van der Waals surface area contributed by atoms with Crippen molar-refractivity contribution < 1.29 is 4.74 Å². The first kappa shape index (κ1) is 22.4. The van der Waals surface area contributed by atoms with Gasteiger partial charge in [0.05, 0.1) is 24.3 Å². The van der Waals surface area contributed by atoms with Crippen LogP contribution in [0.5, 0.6) is 5.75 Å². The van der Waals surface area contributed by atoms with E-state index < -0.39 is 0 Å². The number of rotatable bonds is 6. The van der Waals surface area contributed by atoms with Crippen LogP contribution in [0.25, 0.3) is 10.9 Å². The van der Waals surface area contributed by atoms with Crippen molar-refractivity contribution in [1.82, 2.24) is 9.66 Å². The first-order valence-corrected chi connectivity index (χ1v) is 12.5.